The zero-order valence-corrected chi connectivity index (χ0v) is 17.0. The van der Waals surface area contributed by atoms with Gasteiger partial charge in [-0.3, -0.25) is 4.79 Å². The van der Waals surface area contributed by atoms with Crippen LogP contribution in [0.1, 0.15) is 32.2 Å². The van der Waals surface area contributed by atoms with Gasteiger partial charge in [-0.25, -0.2) is 0 Å². The number of nitrogens with one attached hydrogen (secondary N) is 1. The lowest BCUT2D eigenvalue weighted by Crippen LogP contribution is -2.25. The van der Waals surface area contributed by atoms with Crippen molar-refractivity contribution in [3.63, 3.8) is 0 Å². The first-order valence-electron chi connectivity index (χ1n) is 9.22. The molecule has 0 unspecified atom stereocenters. The Balaban J connectivity index is 1.67. The summed E-state index contributed by atoms with van der Waals surface area (Å²) < 4.78 is 7.83. The molecule has 28 heavy (non-hydrogen) atoms. The van der Waals surface area contributed by atoms with Crippen LogP contribution < -0.4 is 10.1 Å². The Bertz CT molecular complexity index is 899. The van der Waals surface area contributed by atoms with Gasteiger partial charge in [0.15, 0.2) is 17.1 Å². The Kier molecular flexibility index (Phi) is 6.71. The average Bonchev–Trinajstić information content (AvgIpc) is 3.08. The molecule has 0 aliphatic carbocycles. The number of nitrogens with zero attached hydrogens (tertiary/aromatic N) is 3. The summed E-state index contributed by atoms with van der Waals surface area (Å²) in [7, 11) is 1.89. The monoisotopic (exact) mass is 396 g/mol. The lowest BCUT2D eigenvalue weighted by Gasteiger charge is -2.16. The number of hydrogen-bond acceptors (Lipinski definition) is 5. The number of carbonyl (C=O) groups is 1. The lowest BCUT2D eigenvalue weighted by molar-refractivity contribution is -0.115. The summed E-state index contributed by atoms with van der Waals surface area (Å²) in [6, 6.07) is 19.1. The molecule has 1 N–H and O–H groups in total. The summed E-state index contributed by atoms with van der Waals surface area (Å²) in [6.45, 7) is 3.92. The molecule has 0 spiro atoms. The van der Waals surface area contributed by atoms with Gasteiger partial charge in [-0.05, 0) is 37.6 Å². The lowest BCUT2D eigenvalue weighted by atomic mass is 10.3. The first-order chi connectivity index (χ1) is 13.6. The van der Waals surface area contributed by atoms with Gasteiger partial charge < -0.3 is 14.6 Å². The summed E-state index contributed by atoms with van der Waals surface area (Å²) >= 11 is 1.41. The van der Waals surface area contributed by atoms with Crippen LogP contribution in [0, 0.1) is 0 Å². The largest absolute Gasteiger partial charge is 0.483 e. The van der Waals surface area contributed by atoms with Gasteiger partial charge in [-0.2, -0.15) is 0 Å². The highest BCUT2D eigenvalue weighted by Crippen LogP contribution is 2.28. The second kappa shape index (κ2) is 9.41. The minimum Gasteiger partial charge on any atom is -0.483 e. The smallest absolute Gasteiger partial charge is 0.237 e. The van der Waals surface area contributed by atoms with Gasteiger partial charge in [0.1, 0.15) is 5.75 Å². The Morgan fingerprint density at radius 1 is 1.11 bits per heavy atom. The standard InChI is InChI=1S/C21H24N4O2S/c1-4-18(20(26)22-16-11-7-5-8-12-16)28-21-24-23-19(25(21)3)15(2)27-17-13-9-6-10-14-17/h5-15,18H,4H2,1-3H3,(H,22,26)/t15-,18-/m0/s1. The number of carbonyl (C=O) groups excluding carboxylic acids is 1. The highest BCUT2D eigenvalue weighted by Gasteiger charge is 2.23. The maximum Gasteiger partial charge on any atom is 0.237 e. The van der Waals surface area contributed by atoms with Gasteiger partial charge in [-0.15, -0.1) is 10.2 Å². The molecule has 3 rings (SSSR count). The van der Waals surface area contributed by atoms with E-state index in [1.54, 1.807) is 0 Å². The van der Waals surface area contributed by atoms with Crippen LogP contribution in [0.25, 0.3) is 0 Å². The molecule has 0 aliphatic heterocycles. The van der Waals surface area contributed by atoms with Crippen molar-refractivity contribution in [3.05, 3.63) is 66.5 Å². The summed E-state index contributed by atoms with van der Waals surface area (Å²) in [5, 5.41) is 11.9. The van der Waals surface area contributed by atoms with Crippen LogP contribution in [0.3, 0.4) is 0 Å². The molecule has 7 heteroatoms. The van der Waals surface area contributed by atoms with Gasteiger partial charge in [0.05, 0.1) is 5.25 Å². The number of rotatable bonds is 8. The van der Waals surface area contributed by atoms with E-state index in [1.165, 1.54) is 11.8 Å². The van der Waals surface area contributed by atoms with Gasteiger partial charge in [0.2, 0.25) is 5.91 Å². The van der Waals surface area contributed by atoms with Gasteiger partial charge in [-0.1, -0.05) is 55.1 Å². The number of aromatic nitrogens is 3. The highest BCUT2D eigenvalue weighted by atomic mass is 32.2. The van der Waals surface area contributed by atoms with E-state index in [9.17, 15) is 4.79 Å². The molecule has 2 aromatic carbocycles. The van der Waals surface area contributed by atoms with Crippen molar-refractivity contribution in [2.45, 2.75) is 36.8 Å². The number of amides is 1. The van der Waals surface area contributed by atoms with E-state index in [1.807, 2.05) is 86.1 Å². The van der Waals surface area contributed by atoms with E-state index in [0.29, 0.717) is 17.4 Å². The normalized spacial score (nSPS) is 13.0. The number of hydrogen-bond donors (Lipinski definition) is 1. The second-order valence-corrected chi connectivity index (χ2v) is 7.51. The third-order valence-corrected chi connectivity index (χ3v) is 5.64. The van der Waals surface area contributed by atoms with Crippen LogP contribution in [-0.4, -0.2) is 25.9 Å². The quantitative estimate of drug-likeness (QED) is 0.569. The minimum absolute atomic E-state index is 0.0446. The molecular weight excluding hydrogens is 372 g/mol. The van der Waals surface area contributed by atoms with Crippen molar-refractivity contribution in [2.75, 3.05) is 5.32 Å². The molecule has 2 atom stereocenters. The molecular formula is C21H24N4O2S. The van der Waals surface area contributed by atoms with Crippen molar-refractivity contribution < 1.29 is 9.53 Å². The number of para-hydroxylation sites is 2. The van der Waals surface area contributed by atoms with Crippen LogP contribution in [0.4, 0.5) is 5.69 Å². The van der Waals surface area contributed by atoms with E-state index in [-0.39, 0.29) is 17.3 Å². The maximum atomic E-state index is 12.6. The molecule has 3 aromatic rings. The Morgan fingerprint density at radius 3 is 2.39 bits per heavy atom. The van der Waals surface area contributed by atoms with Gasteiger partial charge in [0.25, 0.3) is 0 Å². The first kappa shape index (κ1) is 19.9. The summed E-state index contributed by atoms with van der Waals surface area (Å²) in [6.07, 6.45) is 0.425. The fourth-order valence-corrected chi connectivity index (χ4v) is 3.66. The minimum atomic E-state index is -0.263. The third-order valence-electron chi connectivity index (χ3n) is 4.24. The number of benzene rings is 2. The van der Waals surface area contributed by atoms with Crippen molar-refractivity contribution >= 4 is 23.4 Å². The van der Waals surface area contributed by atoms with Crippen LogP contribution in [0.2, 0.25) is 0 Å². The van der Waals surface area contributed by atoms with Crippen molar-refractivity contribution in [1.29, 1.82) is 0 Å². The average molecular weight is 397 g/mol. The SMILES string of the molecule is CC[C@H](Sc1nnc([C@H](C)Oc2ccccc2)n1C)C(=O)Nc1ccccc1. The number of thioether (sulfide) groups is 1. The molecule has 0 radical (unpaired) electrons. The van der Waals surface area contributed by atoms with Crippen LogP contribution >= 0.6 is 11.8 Å². The van der Waals surface area contributed by atoms with Crippen molar-refractivity contribution in [1.82, 2.24) is 14.8 Å². The Morgan fingerprint density at radius 2 is 1.75 bits per heavy atom. The fraction of sp³-hybridized carbons (Fsp3) is 0.286. The maximum absolute atomic E-state index is 12.6. The summed E-state index contributed by atoms with van der Waals surface area (Å²) in [4.78, 5) is 12.6. The molecule has 146 valence electrons. The predicted molar refractivity (Wildman–Crippen MR) is 111 cm³/mol. The molecule has 1 aromatic heterocycles. The van der Waals surface area contributed by atoms with Gasteiger partial charge in [0, 0.05) is 12.7 Å². The molecule has 0 fully saturated rings. The Labute approximate surface area is 169 Å². The highest BCUT2D eigenvalue weighted by molar-refractivity contribution is 8.00. The van der Waals surface area contributed by atoms with E-state index in [0.717, 1.165) is 11.4 Å². The number of anilines is 1. The molecule has 1 amide bonds. The van der Waals surface area contributed by atoms with Crippen molar-refractivity contribution in [2.24, 2.45) is 7.05 Å². The fourth-order valence-electron chi connectivity index (χ4n) is 2.73. The second-order valence-electron chi connectivity index (χ2n) is 6.34. The summed E-state index contributed by atoms with van der Waals surface area (Å²) in [5.74, 6) is 1.45. The number of ether oxygens (including phenoxy) is 1. The van der Waals surface area contributed by atoms with Crippen LogP contribution in [0.5, 0.6) is 5.75 Å². The topological polar surface area (TPSA) is 69.0 Å². The van der Waals surface area contributed by atoms with Crippen LogP contribution in [-0.2, 0) is 11.8 Å². The van der Waals surface area contributed by atoms with Crippen molar-refractivity contribution in [3.8, 4) is 5.75 Å². The molecule has 0 aliphatic rings. The van der Waals surface area contributed by atoms with Gasteiger partial charge >= 0.3 is 0 Å². The van der Waals surface area contributed by atoms with E-state index >= 15 is 0 Å². The summed E-state index contributed by atoms with van der Waals surface area (Å²) in [5.41, 5.74) is 0.787. The first-order valence-corrected chi connectivity index (χ1v) is 10.1. The molecule has 0 saturated carbocycles. The van der Waals surface area contributed by atoms with Crippen LogP contribution in [0.15, 0.2) is 65.8 Å². The van der Waals surface area contributed by atoms with E-state index in [4.69, 9.17) is 4.74 Å². The molecule has 1 heterocycles. The molecule has 0 bridgehead atoms. The van der Waals surface area contributed by atoms with E-state index < -0.39 is 0 Å². The zero-order valence-electron chi connectivity index (χ0n) is 16.2. The zero-order chi connectivity index (χ0) is 19.9. The molecule has 6 nitrogen and oxygen atoms in total. The Hall–Kier alpha value is -2.80. The van der Waals surface area contributed by atoms with E-state index in [2.05, 4.69) is 15.5 Å². The third kappa shape index (κ3) is 4.92. The molecule has 0 saturated heterocycles. The predicted octanol–water partition coefficient (Wildman–Crippen LogP) is 4.46.